The molecule has 0 unspecified atom stereocenters. The second-order valence-electron chi connectivity index (χ2n) is 2.65. The van der Waals surface area contributed by atoms with Crippen LogP contribution in [-0.4, -0.2) is 21.7 Å². The molecule has 0 rings (SSSR count). The first-order valence-electron chi connectivity index (χ1n) is 3.26. The molecular formula is C3H9Cl5O2Si3. The predicted molar refractivity (Wildman–Crippen MR) is 66.3 cm³/mol. The second kappa shape index (κ2) is 4.90. The molecule has 13 heavy (non-hydrogen) atoms. The standard InChI is InChI=1S/C3H9Cl5O2Si3/c1-11(4,5)9-13(3,8)10-12(2,6)7/h1-3H3. The van der Waals surface area contributed by atoms with E-state index in [1.54, 1.807) is 19.6 Å². The van der Waals surface area contributed by atoms with Gasteiger partial charge in [0.15, 0.2) is 0 Å². The van der Waals surface area contributed by atoms with E-state index in [4.69, 9.17) is 63.6 Å². The van der Waals surface area contributed by atoms with E-state index < -0.39 is 21.7 Å². The normalized spacial score (nSPS) is 14.8. The maximum Gasteiger partial charge on any atom is 0.422 e. The van der Waals surface area contributed by atoms with Crippen molar-refractivity contribution < 1.29 is 8.23 Å². The van der Waals surface area contributed by atoms with Crippen molar-refractivity contribution in [3.05, 3.63) is 0 Å². The minimum atomic E-state index is -2.91. The fourth-order valence-corrected chi connectivity index (χ4v) is 15.8. The van der Waals surface area contributed by atoms with Crippen LogP contribution in [0.1, 0.15) is 0 Å². The number of rotatable bonds is 4. The molecule has 0 atom stereocenters. The quantitative estimate of drug-likeness (QED) is 0.571. The maximum atomic E-state index is 5.93. The van der Waals surface area contributed by atoms with Crippen molar-refractivity contribution in [2.24, 2.45) is 0 Å². The molecule has 0 bridgehead atoms. The highest BCUT2D eigenvalue weighted by atomic mass is 35.7. The Hall–Kier alpha value is 2.02. The molecule has 0 aromatic carbocycles. The fraction of sp³-hybridized carbons (Fsp3) is 1.00. The third-order valence-corrected chi connectivity index (χ3v) is 10.7. The van der Waals surface area contributed by atoms with Crippen LogP contribution in [0.4, 0.5) is 0 Å². The zero-order valence-electron chi connectivity index (χ0n) is 7.21. The second-order valence-corrected chi connectivity index (χ2v) is 21.1. The summed E-state index contributed by atoms with van der Waals surface area (Å²) in [5, 5.41) is 0. The zero-order valence-corrected chi connectivity index (χ0v) is 14.0. The summed E-state index contributed by atoms with van der Waals surface area (Å²) >= 11 is 28.8. The van der Waals surface area contributed by atoms with Crippen LogP contribution in [0, 0.1) is 0 Å². The summed E-state index contributed by atoms with van der Waals surface area (Å²) in [4.78, 5) is 0. The third-order valence-electron chi connectivity index (χ3n) is 0.723. The smallest absolute Gasteiger partial charge is 0.402 e. The highest BCUT2D eigenvalue weighted by Gasteiger charge is 2.44. The number of hydrogen-bond donors (Lipinski definition) is 0. The van der Waals surface area contributed by atoms with Gasteiger partial charge in [0.2, 0.25) is 0 Å². The van der Waals surface area contributed by atoms with E-state index in [-0.39, 0.29) is 0 Å². The monoisotopic (exact) mass is 336 g/mol. The van der Waals surface area contributed by atoms with E-state index in [2.05, 4.69) is 0 Å². The molecule has 2 nitrogen and oxygen atoms in total. The van der Waals surface area contributed by atoms with E-state index in [0.717, 1.165) is 0 Å². The summed E-state index contributed by atoms with van der Waals surface area (Å²) in [5.41, 5.74) is 0. The van der Waals surface area contributed by atoms with Gasteiger partial charge < -0.3 is 8.23 Å². The molecular weight excluding hydrogens is 330 g/mol. The van der Waals surface area contributed by atoms with E-state index in [0.29, 0.717) is 0 Å². The summed E-state index contributed by atoms with van der Waals surface area (Å²) < 4.78 is 10.4. The zero-order chi connectivity index (χ0) is 10.9. The highest BCUT2D eigenvalue weighted by molar-refractivity contribution is 7.46. The van der Waals surface area contributed by atoms with Crippen LogP contribution in [0.3, 0.4) is 0 Å². The predicted octanol–water partition coefficient (Wildman–Crippen LogP) is 3.92. The van der Waals surface area contributed by atoms with E-state index in [1.165, 1.54) is 0 Å². The van der Waals surface area contributed by atoms with Crippen LogP contribution >= 0.6 is 55.4 Å². The Bertz CT molecular complexity index is 157. The van der Waals surface area contributed by atoms with Crippen LogP contribution in [0.25, 0.3) is 0 Å². The van der Waals surface area contributed by atoms with Gasteiger partial charge in [-0.1, -0.05) is 0 Å². The van der Waals surface area contributed by atoms with Gasteiger partial charge in [0.1, 0.15) is 0 Å². The molecule has 80 valence electrons. The lowest BCUT2D eigenvalue weighted by atomic mass is 11.9. The van der Waals surface area contributed by atoms with Gasteiger partial charge in [0.25, 0.3) is 0 Å². The molecule has 0 aliphatic carbocycles. The molecule has 0 saturated heterocycles. The summed E-state index contributed by atoms with van der Waals surface area (Å²) in [6.45, 7) is -0.737. The Morgan fingerprint density at radius 3 is 1.08 bits per heavy atom. The molecule has 0 spiro atoms. The van der Waals surface area contributed by atoms with Crippen LogP contribution < -0.4 is 0 Å². The van der Waals surface area contributed by atoms with Gasteiger partial charge in [-0.25, -0.2) is 0 Å². The molecule has 0 aliphatic heterocycles. The van der Waals surface area contributed by atoms with Gasteiger partial charge in [-0.3, -0.25) is 0 Å². The van der Waals surface area contributed by atoms with Crippen LogP contribution in [-0.2, 0) is 8.23 Å². The molecule has 0 N–H and O–H groups in total. The first-order valence-corrected chi connectivity index (χ1v) is 15.5. The lowest BCUT2D eigenvalue weighted by molar-refractivity contribution is 0.438. The van der Waals surface area contributed by atoms with Gasteiger partial charge >= 0.3 is 21.7 Å². The van der Waals surface area contributed by atoms with Crippen molar-refractivity contribution >= 4 is 77.1 Å². The summed E-state index contributed by atoms with van der Waals surface area (Å²) in [7, 11) is -2.91. The van der Waals surface area contributed by atoms with E-state index >= 15 is 0 Å². The Labute approximate surface area is 104 Å². The Balaban J connectivity index is 4.25. The van der Waals surface area contributed by atoms with Gasteiger partial charge in [0.05, 0.1) is 0 Å². The number of halogens is 5. The lowest BCUT2D eigenvalue weighted by Gasteiger charge is -2.28. The van der Waals surface area contributed by atoms with Crippen LogP contribution in [0.2, 0.25) is 19.6 Å². The topological polar surface area (TPSA) is 18.5 Å². The number of hydrogen-bond acceptors (Lipinski definition) is 2. The van der Waals surface area contributed by atoms with Gasteiger partial charge in [-0.05, 0) is 19.6 Å². The molecule has 0 aliphatic rings. The molecule has 0 heterocycles. The van der Waals surface area contributed by atoms with Crippen molar-refractivity contribution in [2.75, 3.05) is 0 Å². The highest BCUT2D eigenvalue weighted by Crippen LogP contribution is 2.30. The average Bonchev–Trinajstić information content (AvgIpc) is 1.43. The molecule has 0 aromatic heterocycles. The average molecular weight is 339 g/mol. The minimum absolute atomic E-state index is 1.58. The molecule has 0 saturated carbocycles. The summed E-state index contributed by atoms with van der Waals surface area (Å²) in [6, 6.07) is 0. The van der Waals surface area contributed by atoms with Crippen molar-refractivity contribution in [1.82, 2.24) is 0 Å². The van der Waals surface area contributed by atoms with E-state index in [9.17, 15) is 0 Å². The van der Waals surface area contributed by atoms with Crippen molar-refractivity contribution in [2.45, 2.75) is 19.6 Å². The van der Waals surface area contributed by atoms with Crippen molar-refractivity contribution in [3.63, 3.8) is 0 Å². The SMILES string of the molecule is C[Si](Cl)(Cl)O[Si](C)(Cl)O[Si](C)(Cl)Cl. The first-order chi connectivity index (χ1) is 5.41. The lowest BCUT2D eigenvalue weighted by Crippen LogP contribution is -2.45. The molecule has 0 fully saturated rings. The molecule has 0 amide bonds. The van der Waals surface area contributed by atoms with Gasteiger partial charge in [-0.15, -0.1) is 55.4 Å². The Kier molecular flexibility index (Phi) is 5.66. The molecule has 0 radical (unpaired) electrons. The van der Waals surface area contributed by atoms with Crippen molar-refractivity contribution in [3.8, 4) is 0 Å². The Morgan fingerprint density at radius 1 is 0.692 bits per heavy atom. The fourth-order valence-electron chi connectivity index (χ4n) is 0.661. The van der Waals surface area contributed by atoms with Crippen LogP contribution in [0.5, 0.6) is 0 Å². The largest absolute Gasteiger partial charge is 0.422 e. The van der Waals surface area contributed by atoms with Crippen molar-refractivity contribution in [1.29, 1.82) is 0 Å². The molecule has 10 heteroatoms. The minimum Gasteiger partial charge on any atom is -0.402 e. The summed E-state index contributed by atoms with van der Waals surface area (Å²) in [6.07, 6.45) is 0. The first kappa shape index (κ1) is 15.0. The van der Waals surface area contributed by atoms with Gasteiger partial charge in [-0.2, -0.15) is 0 Å². The Morgan fingerprint density at radius 2 is 0.923 bits per heavy atom. The van der Waals surface area contributed by atoms with Crippen LogP contribution in [0.15, 0.2) is 0 Å². The molecule has 0 aromatic rings. The van der Waals surface area contributed by atoms with Gasteiger partial charge in [0, 0.05) is 0 Å². The summed E-state index contributed by atoms with van der Waals surface area (Å²) in [5.74, 6) is 0. The van der Waals surface area contributed by atoms with E-state index in [1.807, 2.05) is 0 Å². The maximum absolute atomic E-state index is 5.93. The third kappa shape index (κ3) is 10.3.